The molecule has 104 valence electrons. The molecule has 2 aromatic heterocycles. The summed E-state index contributed by atoms with van der Waals surface area (Å²) in [4.78, 5) is 0. The van der Waals surface area contributed by atoms with E-state index in [9.17, 15) is 0 Å². The fourth-order valence-corrected chi connectivity index (χ4v) is 2.47. The summed E-state index contributed by atoms with van der Waals surface area (Å²) in [5, 5.41) is 12.1. The molecule has 6 heteroatoms. The Kier molecular flexibility index (Phi) is 5.15. The van der Waals surface area contributed by atoms with E-state index >= 15 is 0 Å². The molecule has 2 heterocycles. The van der Waals surface area contributed by atoms with Gasteiger partial charge in [0, 0.05) is 32.0 Å². The van der Waals surface area contributed by atoms with Gasteiger partial charge in [0.15, 0.2) is 0 Å². The zero-order valence-electron chi connectivity index (χ0n) is 11.4. The summed E-state index contributed by atoms with van der Waals surface area (Å²) in [7, 11) is 0. The number of hydrogen-bond acceptors (Lipinski definition) is 3. The van der Waals surface area contributed by atoms with Crippen molar-refractivity contribution < 1.29 is 0 Å². The minimum absolute atomic E-state index is 0.842. The maximum absolute atomic E-state index is 4.48. The highest BCUT2D eigenvalue weighted by Gasteiger charge is 2.10. The van der Waals surface area contributed by atoms with Gasteiger partial charge in [-0.3, -0.25) is 9.36 Å². The molecule has 0 aliphatic rings. The zero-order chi connectivity index (χ0) is 13.7. The molecule has 0 radical (unpaired) electrons. The number of aromatic nitrogens is 4. The lowest BCUT2D eigenvalue weighted by atomic mass is 10.3. The van der Waals surface area contributed by atoms with E-state index in [2.05, 4.69) is 38.4 Å². The molecule has 0 atom stereocenters. The number of nitrogens with one attached hydrogen (secondary N) is 1. The maximum Gasteiger partial charge on any atom is 0.0739 e. The Labute approximate surface area is 122 Å². The third-order valence-corrected chi connectivity index (χ3v) is 4.08. The third-order valence-electron chi connectivity index (χ3n) is 3.05. The van der Waals surface area contributed by atoms with E-state index in [0.717, 1.165) is 42.8 Å². The smallest absolute Gasteiger partial charge is 0.0739 e. The first-order valence-electron chi connectivity index (χ1n) is 6.62. The number of halogens is 1. The number of aryl methyl sites for hydroxylation is 3. The summed E-state index contributed by atoms with van der Waals surface area (Å²) < 4.78 is 5.12. The van der Waals surface area contributed by atoms with Crippen LogP contribution in [0, 0.1) is 6.92 Å². The van der Waals surface area contributed by atoms with Crippen LogP contribution >= 0.6 is 15.9 Å². The summed E-state index contributed by atoms with van der Waals surface area (Å²) in [6, 6.07) is 1.95. The quantitative estimate of drug-likeness (QED) is 0.795. The Morgan fingerprint density at radius 3 is 2.95 bits per heavy atom. The molecule has 0 unspecified atom stereocenters. The van der Waals surface area contributed by atoms with E-state index < -0.39 is 0 Å². The fourth-order valence-electron chi connectivity index (χ4n) is 2.04. The van der Waals surface area contributed by atoms with Gasteiger partial charge in [0.05, 0.1) is 15.9 Å². The van der Waals surface area contributed by atoms with E-state index in [1.165, 1.54) is 5.69 Å². The molecule has 0 aromatic carbocycles. The molecule has 5 nitrogen and oxygen atoms in total. The first-order chi connectivity index (χ1) is 9.22. The lowest BCUT2D eigenvalue weighted by Gasteiger charge is -2.07. The number of rotatable bonds is 7. The monoisotopic (exact) mass is 325 g/mol. The van der Waals surface area contributed by atoms with E-state index in [1.807, 2.05) is 34.7 Å². The van der Waals surface area contributed by atoms with Crippen molar-refractivity contribution in [2.24, 2.45) is 0 Å². The largest absolute Gasteiger partial charge is 0.311 e. The fraction of sp³-hybridized carbons (Fsp3) is 0.538. The highest BCUT2D eigenvalue weighted by atomic mass is 79.9. The zero-order valence-corrected chi connectivity index (χ0v) is 13.0. The highest BCUT2D eigenvalue weighted by molar-refractivity contribution is 9.10. The number of nitrogens with zero attached hydrogens (tertiary/aromatic N) is 4. The minimum atomic E-state index is 0.842. The van der Waals surface area contributed by atoms with Crippen molar-refractivity contribution in [1.82, 2.24) is 24.9 Å². The molecule has 19 heavy (non-hydrogen) atoms. The van der Waals surface area contributed by atoms with E-state index in [4.69, 9.17) is 0 Å². The summed E-state index contributed by atoms with van der Waals surface area (Å²) in [6.45, 7) is 7.80. The molecule has 0 saturated carbocycles. The van der Waals surface area contributed by atoms with E-state index in [0.29, 0.717) is 0 Å². The van der Waals surface area contributed by atoms with Crippen LogP contribution in [0.15, 0.2) is 22.9 Å². The molecule has 0 aliphatic heterocycles. The Morgan fingerprint density at radius 1 is 1.42 bits per heavy atom. The van der Waals surface area contributed by atoms with Gasteiger partial charge in [-0.25, -0.2) is 0 Å². The van der Waals surface area contributed by atoms with Gasteiger partial charge in [-0.1, -0.05) is 0 Å². The average molecular weight is 326 g/mol. The van der Waals surface area contributed by atoms with Crippen molar-refractivity contribution in [2.75, 3.05) is 6.54 Å². The average Bonchev–Trinajstić information content (AvgIpc) is 3.01. The lowest BCUT2D eigenvalue weighted by Crippen LogP contribution is -2.19. The van der Waals surface area contributed by atoms with Gasteiger partial charge in [-0.15, -0.1) is 0 Å². The van der Waals surface area contributed by atoms with Crippen molar-refractivity contribution in [3.05, 3.63) is 34.3 Å². The van der Waals surface area contributed by atoms with Crippen molar-refractivity contribution in [3.8, 4) is 0 Å². The molecule has 0 fully saturated rings. The molecule has 2 rings (SSSR count). The summed E-state index contributed by atoms with van der Waals surface area (Å²) in [5.41, 5.74) is 2.27. The van der Waals surface area contributed by atoms with Crippen LogP contribution in [0.25, 0.3) is 0 Å². The van der Waals surface area contributed by atoms with Crippen LogP contribution in [0.3, 0.4) is 0 Å². The van der Waals surface area contributed by atoms with Crippen molar-refractivity contribution in [1.29, 1.82) is 0 Å². The van der Waals surface area contributed by atoms with Crippen LogP contribution in [0.5, 0.6) is 0 Å². The predicted octanol–water partition coefficient (Wildman–Crippen LogP) is 2.35. The summed E-state index contributed by atoms with van der Waals surface area (Å²) in [6.07, 6.45) is 4.87. The molecule has 0 bridgehead atoms. The van der Waals surface area contributed by atoms with Crippen molar-refractivity contribution in [2.45, 2.75) is 39.9 Å². The van der Waals surface area contributed by atoms with Crippen molar-refractivity contribution in [3.63, 3.8) is 0 Å². The van der Waals surface area contributed by atoms with Crippen LogP contribution in [-0.2, 0) is 19.6 Å². The molecule has 2 aromatic rings. The van der Waals surface area contributed by atoms with Gasteiger partial charge >= 0.3 is 0 Å². The van der Waals surface area contributed by atoms with Crippen LogP contribution in [0.1, 0.15) is 24.7 Å². The first-order valence-corrected chi connectivity index (χ1v) is 7.41. The van der Waals surface area contributed by atoms with Gasteiger partial charge in [0.25, 0.3) is 0 Å². The Hall–Kier alpha value is -1.14. The Bertz CT molecular complexity index is 503. The third kappa shape index (κ3) is 3.67. The summed E-state index contributed by atoms with van der Waals surface area (Å²) >= 11 is 3.61. The highest BCUT2D eigenvalue weighted by Crippen LogP contribution is 2.20. The SMILES string of the molecule is CCn1nc(C)c(Br)c1CNCCCn1cccn1. The van der Waals surface area contributed by atoms with Gasteiger partial charge in [0.1, 0.15) is 0 Å². The molecule has 0 spiro atoms. The van der Waals surface area contributed by atoms with Gasteiger partial charge in [-0.2, -0.15) is 10.2 Å². The molecular weight excluding hydrogens is 306 g/mol. The van der Waals surface area contributed by atoms with E-state index in [1.54, 1.807) is 0 Å². The Morgan fingerprint density at radius 2 is 2.26 bits per heavy atom. The second-order valence-electron chi connectivity index (χ2n) is 4.46. The normalized spacial score (nSPS) is 11.1. The molecular formula is C13H20BrN5. The maximum atomic E-state index is 4.48. The molecule has 1 N–H and O–H groups in total. The summed E-state index contributed by atoms with van der Waals surface area (Å²) in [5.74, 6) is 0. The van der Waals surface area contributed by atoms with Crippen LogP contribution in [0.2, 0.25) is 0 Å². The van der Waals surface area contributed by atoms with Crippen LogP contribution in [0.4, 0.5) is 0 Å². The van der Waals surface area contributed by atoms with Gasteiger partial charge in [-0.05, 0) is 48.8 Å². The Balaban J connectivity index is 1.76. The first kappa shape index (κ1) is 14.3. The van der Waals surface area contributed by atoms with Crippen molar-refractivity contribution >= 4 is 15.9 Å². The molecule has 0 saturated heterocycles. The van der Waals surface area contributed by atoms with E-state index in [-0.39, 0.29) is 0 Å². The lowest BCUT2D eigenvalue weighted by molar-refractivity contribution is 0.526. The van der Waals surface area contributed by atoms with Gasteiger partial charge < -0.3 is 5.32 Å². The van der Waals surface area contributed by atoms with Crippen LogP contribution in [-0.4, -0.2) is 26.1 Å². The molecule has 0 aliphatic carbocycles. The topological polar surface area (TPSA) is 47.7 Å². The second kappa shape index (κ2) is 6.86. The standard InChI is InChI=1S/C13H20BrN5/c1-3-19-12(13(14)11(2)17-19)10-15-6-4-8-18-9-5-7-16-18/h5,7,9,15H,3-4,6,8,10H2,1-2H3. The predicted molar refractivity (Wildman–Crippen MR) is 78.9 cm³/mol. The molecule has 0 amide bonds. The van der Waals surface area contributed by atoms with Gasteiger partial charge in [0.2, 0.25) is 0 Å². The van der Waals surface area contributed by atoms with Crippen LogP contribution < -0.4 is 5.32 Å². The number of hydrogen-bond donors (Lipinski definition) is 1. The minimum Gasteiger partial charge on any atom is -0.311 e. The second-order valence-corrected chi connectivity index (χ2v) is 5.25.